The van der Waals surface area contributed by atoms with Crippen LogP contribution in [0, 0.1) is 0 Å². The van der Waals surface area contributed by atoms with Crippen LogP contribution in [0.2, 0.25) is 0 Å². The first-order chi connectivity index (χ1) is 9.66. The molecular formula is C12H7O7P. The maximum Gasteiger partial charge on any atom is 0.354 e. The molecule has 0 saturated carbocycles. The Labute approximate surface area is 111 Å². The Morgan fingerprint density at radius 3 is 2.60 bits per heavy atom. The van der Waals surface area contributed by atoms with Gasteiger partial charge in [0.05, 0.1) is 0 Å². The van der Waals surface area contributed by atoms with E-state index >= 15 is 0 Å². The molecular weight excluding hydrogens is 287 g/mol. The highest BCUT2D eigenvalue weighted by atomic mass is 31.2. The van der Waals surface area contributed by atoms with Gasteiger partial charge in [-0.1, -0.05) is 24.3 Å². The van der Waals surface area contributed by atoms with Gasteiger partial charge in [-0.3, -0.25) is 0 Å². The van der Waals surface area contributed by atoms with Crippen molar-refractivity contribution in [3.8, 4) is 0 Å². The minimum absolute atomic E-state index is 0.386. The van der Waals surface area contributed by atoms with Gasteiger partial charge in [0.2, 0.25) is 7.14 Å². The maximum atomic E-state index is 13.1. The second-order valence-electron chi connectivity index (χ2n) is 5.00. The van der Waals surface area contributed by atoms with Gasteiger partial charge < -0.3 is 4.57 Å². The Balaban J connectivity index is 1.98. The molecule has 0 radical (unpaired) electrons. The van der Waals surface area contributed by atoms with Crippen molar-refractivity contribution in [2.45, 2.75) is 11.3 Å². The van der Waals surface area contributed by atoms with Crippen molar-refractivity contribution in [2.75, 3.05) is 0 Å². The zero-order valence-corrected chi connectivity index (χ0v) is 10.7. The zero-order chi connectivity index (χ0) is 13.8. The Kier molecular flexibility index (Phi) is 1.69. The summed E-state index contributed by atoms with van der Waals surface area (Å²) in [6.07, 6.45) is 0. The Hall–Kier alpha value is -1.31. The number of hydrogen-bond donors (Lipinski definition) is 2. The first-order valence-corrected chi connectivity index (χ1v) is 7.56. The van der Waals surface area contributed by atoms with Gasteiger partial charge in [-0.05, 0) is 16.8 Å². The fourth-order valence-corrected chi connectivity index (χ4v) is 6.68. The topological polar surface area (TPSA) is 94.5 Å². The lowest BCUT2D eigenvalue weighted by Gasteiger charge is -2.47. The normalized spacial score (nSPS) is 39.3. The molecule has 102 valence electrons. The lowest BCUT2D eigenvalue weighted by molar-refractivity contribution is -0.701. The molecule has 20 heavy (non-hydrogen) atoms. The summed E-state index contributed by atoms with van der Waals surface area (Å²) in [4.78, 5) is 18.4. The van der Waals surface area contributed by atoms with Gasteiger partial charge in [0.25, 0.3) is 0 Å². The van der Waals surface area contributed by atoms with Crippen LogP contribution in [0.25, 0.3) is 10.8 Å². The first kappa shape index (κ1) is 11.4. The highest BCUT2D eigenvalue weighted by Crippen LogP contribution is 2.82. The van der Waals surface area contributed by atoms with Gasteiger partial charge in [0.15, 0.2) is 0 Å². The Morgan fingerprint density at radius 1 is 1.15 bits per heavy atom. The molecule has 8 heteroatoms. The van der Waals surface area contributed by atoms with Crippen LogP contribution in [0.3, 0.4) is 0 Å². The average molecular weight is 294 g/mol. The van der Waals surface area contributed by atoms with E-state index < -0.39 is 18.5 Å². The molecule has 2 aromatic carbocycles. The van der Waals surface area contributed by atoms with Crippen LogP contribution < -0.4 is 10.6 Å². The number of benzene rings is 2. The molecule has 3 aliphatic heterocycles. The molecule has 0 aromatic heterocycles. The minimum atomic E-state index is -3.30. The molecule has 0 amide bonds. The van der Waals surface area contributed by atoms with Crippen molar-refractivity contribution in [3.63, 3.8) is 0 Å². The molecule has 1 fully saturated rings. The standard InChI is InChI=1S/C12H7O7P/c13-16-11-9-7-4-2-1-3-6(7)5-8-10(9)20(8,15)12(11,17-14)19-18-11/h1-5,13-14H. The first-order valence-electron chi connectivity index (χ1n) is 5.86. The van der Waals surface area contributed by atoms with Gasteiger partial charge in [-0.2, -0.15) is 19.6 Å². The van der Waals surface area contributed by atoms with Gasteiger partial charge in [-0.15, -0.1) is 0 Å². The van der Waals surface area contributed by atoms with Crippen molar-refractivity contribution in [3.05, 3.63) is 35.9 Å². The molecule has 3 atom stereocenters. The fraction of sp³-hybridized carbons (Fsp3) is 0.167. The van der Waals surface area contributed by atoms with Crippen LogP contribution in [-0.4, -0.2) is 16.0 Å². The van der Waals surface area contributed by atoms with E-state index in [1.165, 1.54) is 0 Å². The van der Waals surface area contributed by atoms with E-state index in [2.05, 4.69) is 9.78 Å². The third-order valence-corrected chi connectivity index (χ3v) is 7.47. The maximum absolute atomic E-state index is 13.1. The summed E-state index contributed by atoms with van der Waals surface area (Å²) in [5, 5.41) is 21.0. The van der Waals surface area contributed by atoms with Crippen LogP contribution in [-0.2, 0) is 29.9 Å². The summed E-state index contributed by atoms with van der Waals surface area (Å²) in [5.74, 6) is -1.92. The molecule has 0 spiro atoms. The van der Waals surface area contributed by atoms with E-state index in [1.54, 1.807) is 18.2 Å². The van der Waals surface area contributed by atoms with Crippen LogP contribution in [0.1, 0.15) is 5.56 Å². The predicted octanol–water partition coefficient (Wildman–Crippen LogP) is 1.23. The molecule has 5 rings (SSSR count). The Bertz CT molecular complexity index is 841. The molecule has 3 heterocycles. The molecule has 3 unspecified atom stereocenters. The van der Waals surface area contributed by atoms with Gasteiger partial charge >= 0.3 is 11.3 Å². The lowest BCUT2D eigenvalue weighted by Crippen LogP contribution is -2.64. The van der Waals surface area contributed by atoms with Crippen LogP contribution in [0.4, 0.5) is 0 Å². The van der Waals surface area contributed by atoms with E-state index in [4.69, 9.17) is 9.78 Å². The Morgan fingerprint density at radius 2 is 1.95 bits per heavy atom. The average Bonchev–Trinajstić information content (AvgIpc) is 3.00. The summed E-state index contributed by atoms with van der Waals surface area (Å²) in [6.45, 7) is 0. The number of hydrogen-bond acceptors (Lipinski definition) is 7. The van der Waals surface area contributed by atoms with Crippen molar-refractivity contribution in [2.24, 2.45) is 0 Å². The lowest BCUT2D eigenvalue weighted by atomic mass is 9.96. The summed E-state index contributed by atoms with van der Waals surface area (Å²) in [6, 6.07) is 9.03. The van der Waals surface area contributed by atoms with E-state index in [9.17, 15) is 15.1 Å². The van der Waals surface area contributed by atoms with Gasteiger partial charge in [0, 0.05) is 16.2 Å². The van der Waals surface area contributed by atoms with E-state index in [1.807, 2.05) is 12.1 Å². The van der Waals surface area contributed by atoms with Gasteiger partial charge in [0.1, 0.15) is 0 Å². The summed E-state index contributed by atoms with van der Waals surface area (Å²) in [7, 11) is -3.30. The molecule has 2 aromatic rings. The SMILES string of the molecule is O=P12c3cc4ccccc4c(c31)C1(OO)OOC12OO. The van der Waals surface area contributed by atoms with E-state index in [0.717, 1.165) is 5.39 Å². The van der Waals surface area contributed by atoms with Gasteiger partial charge in [-0.25, -0.2) is 10.5 Å². The highest BCUT2D eigenvalue weighted by molar-refractivity contribution is 7.91. The monoisotopic (exact) mass is 294 g/mol. The van der Waals surface area contributed by atoms with E-state index in [-0.39, 0.29) is 0 Å². The second-order valence-corrected chi connectivity index (χ2v) is 7.73. The van der Waals surface area contributed by atoms with Crippen LogP contribution in [0.15, 0.2) is 30.3 Å². The third kappa shape index (κ3) is 0.778. The van der Waals surface area contributed by atoms with Crippen LogP contribution >= 0.6 is 7.14 Å². The zero-order valence-electron chi connectivity index (χ0n) is 9.77. The predicted molar refractivity (Wildman–Crippen MR) is 64.8 cm³/mol. The number of fused-ring (bicyclic) bond motifs is 6. The van der Waals surface area contributed by atoms with Crippen molar-refractivity contribution in [1.29, 1.82) is 0 Å². The summed E-state index contributed by atoms with van der Waals surface area (Å²) < 4.78 is 13.1. The summed E-state index contributed by atoms with van der Waals surface area (Å²) in [5.41, 5.74) is -1.66. The highest BCUT2D eigenvalue weighted by Gasteiger charge is 2.91. The molecule has 3 aliphatic rings. The molecule has 0 aliphatic carbocycles. The van der Waals surface area contributed by atoms with Crippen molar-refractivity contribution >= 4 is 28.5 Å². The molecule has 7 nitrogen and oxygen atoms in total. The molecule has 0 bridgehead atoms. The molecule has 1 saturated heterocycles. The van der Waals surface area contributed by atoms with Crippen molar-refractivity contribution < 1.29 is 34.6 Å². The minimum Gasteiger partial charge on any atom is -0.307 e. The fourth-order valence-electron chi connectivity index (χ4n) is 3.36. The second kappa shape index (κ2) is 2.98. The summed E-state index contributed by atoms with van der Waals surface area (Å²) >= 11 is 0. The molecule has 2 N–H and O–H groups in total. The van der Waals surface area contributed by atoms with Crippen LogP contribution in [0.5, 0.6) is 0 Å². The largest absolute Gasteiger partial charge is 0.354 e. The third-order valence-electron chi connectivity index (χ3n) is 4.29. The van der Waals surface area contributed by atoms with E-state index in [0.29, 0.717) is 21.6 Å². The quantitative estimate of drug-likeness (QED) is 0.488. The number of rotatable bonds is 2. The van der Waals surface area contributed by atoms with Crippen molar-refractivity contribution in [1.82, 2.24) is 0 Å². The smallest absolute Gasteiger partial charge is 0.307 e.